The van der Waals surface area contributed by atoms with Gasteiger partial charge in [0, 0.05) is 23.1 Å². The van der Waals surface area contributed by atoms with E-state index in [1.165, 1.54) is 0 Å². The summed E-state index contributed by atoms with van der Waals surface area (Å²) in [6.45, 7) is 2.71. The maximum atomic E-state index is 12.7. The number of halogens is 3. The molecular weight excluding hydrogens is 363 g/mol. The fraction of sp³-hybridized carbons (Fsp3) is 0.500. The van der Waals surface area contributed by atoms with Crippen molar-refractivity contribution in [2.75, 3.05) is 6.54 Å². The van der Waals surface area contributed by atoms with Gasteiger partial charge in [-0.15, -0.1) is 12.4 Å². The quantitative estimate of drug-likeness (QED) is 0.845. The Bertz CT molecular complexity index is 482. The van der Waals surface area contributed by atoms with Crippen LogP contribution in [0.2, 0.25) is 5.02 Å². The predicted octanol–water partition coefficient (Wildman–Crippen LogP) is 3.87. The van der Waals surface area contributed by atoms with Crippen LogP contribution in [0.1, 0.15) is 36.5 Å². The number of likely N-dealkylation sites (tertiary alicyclic amines) is 1. The molecule has 112 valence electrons. The smallest absolute Gasteiger partial charge is 0.255 e. The van der Waals surface area contributed by atoms with Crippen molar-refractivity contribution < 1.29 is 4.79 Å². The molecule has 2 unspecified atom stereocenters. The van der Waals surface area contributed by atoms with Gasteiger partial charge < -0.3 is 10.6 Å². The average Bonchev–Trinajstić information content (AvgIpc) is 2.40. The zero-order valence-corrected chi connectivity index (χ0v) is 14.5. The maximum absolute atomic E-state index is 12.7. The number of amides is 1. The van der Waals surface area contributed by atoms with Gasteiger partial charge in [-0.2, -0.15) is 0 Å². The molecule has 1 aromatic carbocycles. The van der Waals surface area contributed by atoms with Crippen LogP contribution in [0.5, 0.6) is 0 Å². The van der Waals surface area contributed by atoms with Crippen LogP contribution in [0.4, 0.5) is 0 Å². The highest BCUT2D eigenvalue weighted by Gasteiger charge is 2.30. The summed E-state index contributed by atoms with van der Waals surface area (Å²) in [5.74, 6) is -0.0201. The molecule has 2 rings (SSSR count). The van der Waals surface area contributed by atoms with Crippen LogP contribution < -0.4 is 5.73 Å². The third kappa shape index (κ3) is 3.88. The molecule has 1 aromatic rings. The Morgan fingerprint density at radius 1 is 1.50 bits per heavy atom. The molecule has 0 spiro atoms. The van der Waals surface area contributed by atoms with Crippen LogP contribution >= 0.6 is 39.9 Å². The van der Waals surface area contributed by atoms with Gasteiger partial charge in [0.2, 0.25) is 0 Å². The number of nitrogens with two attached hydrogens (primary N) is 1. The number of hydrogen-bond acceptors (Lipinski definition) is 2. The van der Waals surface area contributed by atoms with Crippen molar-refractivity contribution in [3.63, 3.8) is 0 Å². The fourth-order valence-electron chi connectivity index (χ4n) is 2.57. The number of piperidine rings is 1. The molecule has 1 fully saturated rings. The van der Waals surface area contributed by atoms with E-state index in [1.807, 2.05) is 17.9 Å². The highest BCUT2D eigenvalue weighted by atomic mass is 79.9. The second-order valence-corrected chi connectivity index (χ2v) is 6.37. The van der Waals surface area contributed by atoms with Crippen molar-refractivity contribution in [3.05, 3.63) is 33.3 Å². The molecule has 1 aliphatic heterocycles. The second-order valence-electron chi connectivity index (χ2n) is 5.04. The number of benzene rings is 1. The molecule has 0 bridgehead atoms. The molecular formula is C14H19BrCl2N2O. The molecule has 1 amide bonds. The highest BCUT2D eigenvalue weighted by Crippen LogP contribution is 2.26. The molecule has 2 N–H and O–H groups in total. The van der Waals surface area contributed by atoms with E-state index in [-0.39, 0.29) is 30.4 Å². The van der Waals surface area contributed by atoms with Crippen molar-refractivity contribution in [1.82, 2.24) is 4.90 Å². The van der Waals surface area contributed by atoms with Crippen LogP contribution in [0.3, 0.4) is 0 Å². The molecule has 0 radical (unpaired) electrons. The summed E-state index contributed by atoms with van der Waals surface area (Å²) >= 11 is 9.52. The van der Waals surface area contributed by atoms with Gasteiger partial charge in [-0.25, -0.2) is 0 Å². The van der Waals surface area contributed by atoms with E-state index >= 15 is 0 Å². The SMILES string of the molecule is CC(N)C1CCCCN1C(=O)c1cc(Br)ccc1Cl.Cl. The lowest BCUT2D eigenvalue weighted by Crippen LogP contribution is -2.51. The highest BCUT2D eigenvalue weighted by molar-refractivity contribution is 9.10. The summed E-state index contributed by atoms with van der Waals surface area (Å²) < 4.78 is 0.856. The topological polar surface area (TPSA) is 46.3 Å². The average molecular weight is 382 g/mol. The first-order chi connectivity index (χ1) is 9.00. The normalized spacial score (nSPS) is 20.2. The molecule has 0 saturated carbocycles. The van der Waals surface area contributed by atoms with Gasteiger partial charge in [-0.05, 0) is 44.4 Å². The number of hydrogen-bond donors (Lipinski definition) is 1. The summed E-state index contributed by atoms with van der Waals surface area (Å²) in [4.78, 5) is 14.5. The van der Waals surface area contributed by atoms with Crippen LogP contribution in [0.25, 0.3) is 0 Å². The van der Waals surface area contributed by atoms with Gasteiger partial charge in [0.05, 0.1) is 10.6 Å². The summed E-state index contributed by atoms with van der Waals surface area (Å²) in [6, 6.07) is 5.44. The Morgan fingerprint density at radius 2 is 2.20 bits per heavy atom. The largest absolute Gasteiger partial charge is 0.334 e. The van der Waals surface area contributed by atoms with Crippen LogP contribution in [0, 0.1) is 0 Å². The zero-order valence-electron chi connectivity index (χ0n) is 11.3. The number of carbonyl (C=O) groups is 1. The second kappa shape index (κ2) is 7.64. The van der Waals surface area contributed by atoms with E-state index in [2.05, 4.69) is 15.9 Å². The molecule has 0 aliphatic carbocycles. The van der Waals surface area contributed by atoms with Gasteiger partial charge in [0.1, 0.15) is 0 Å². The maximum Gasteiger partial charge on any atom is 0.255 e. The summed E-state index contributed by atoms with van der Waals surface area (Å²) in [6.07, 6.45) is 3.12. The van der Waals surface area contributed by atoms with Gasteiger partial charge in [-0.1, -0.05) is 27.5 Å². The minimum Gasteiger partial charge on any atom is -0.334 e. The Labute approximate surface area is 139 Å². The fourth-order valence-corrected chi connectivity index (χ4v) is 3.13. The Hall–Kier alpha value is -0.290. The van der Waals surface area contributed by atoms with Crippen molar-refractivity contribution >= 4 is 45.8 Å². The number of carbonyl (C=O) groups excluding carboxylic acids is 1. The molecule has 3 nitrogen and oxygen atoms in total. The number of rotatable bonds is 2. The van der Waals surface area contributed by atoms with Crippen molar-refractivity contribution in [2.45, 2.75) is 38.3 Å². The summed E-state index contributed by atoms with van der Waals surface area (Å²) in [5.41, 5.74) is 6.55. The molecule has 1 heterocycles. The van der Waals surface area contributed by atoms with Gasteiger partial charge in [0.25, 0.3) is 5.91 Å². The third-order valence-electron chi connectivity index (χ3n) is 3.58. The minimum absolute atomic E-state index is 0. The Balaban J connectivity index is 0.00000200. The van der Waals surface area contributed by atoms with E-state index in [1.54, 1.807) is 12.1 Å². The van der Waals surface area contributed by atoms with Gasteiger partial charge >= 0.3 is 0 Å². The first-order valence-electron chi connectivity index (χ1n) is 6.52. The van der Waals surface area contributed by atoms with E-state index in [0.29, 0.717) is 10.6 Å². The first kappa shape index (κ1) is 17.8. The zero-order chi connectivity index (χ0) is 14.0. The molecule has 2 atom stereocenters. The van der Waals surface area contributed by atoms with Crippen molar-refractivity contribution in [3.8, 4) is 0 Å². The van der Waals surface area contributed by atoms with E-state index < -0.39 is 0 Å². The number of nitrogens with zero attached hydrogens (tertiary/aromatic N) is 1. The lowest BCUT2D eigenvalue weighted by molar-refractivity contribution is 0.0584. The van der Waals surface area contributed by atoms with Crippen LogP contribution in [-0.4, -0.2) is 29.4 Å². The van der Waals surface area contributed by atoms with Gasteiger partial charge in [0.15, 0.2) is 0 Å². The van der Waals surface area contributed by atoms with Crippen molar-refractivity contribution in [1.29, 1.82) is 0 Å². The summed E-state index contributed by atoms with van der Waals surface area (Å²) in [7, 11) is 0. The van der Waals surface area contributed by atoms with Crippen LogP contribution in [-0.2, 0) is 0 Å². The lowest BCUT2D eigenvalue weighted by atomic mass is 9.96. The first-order valence-corrected chi connectivity index (χ1v) is 7.69. The predicted molar refractivity (Wildman–Crippen MR) is 88.7 cm³/mol. The molecule has 1 saturated heterocycles. The van der Waals surface area contributed by atoms with E-state index in [4.69, 9.17) is 17.3 Å². The third-order valence-corrected chi connectivity index (χ3v) is 4.40. The molecule has 20 heavy (non-hydrogen) atoms. The van der Waals surface area contributed by atoms with Crippen molar-refractivity contribution in [2.24, 2.45) is 5.73 Å². The molecule has 1 aliphatic rings. The standard InChI is InChI=1S/C14H18BrClN2O.ClH/c1-9(17)13-4-2-3-7-18(13)14(19)11-8-10(15)5-6-12(11)16;/h5-6,8-9,13H,2-4,7,17H2,1H3;1H. The van der Waals surface area contributed by atoms with Gasteiger partial charge in [-0.3, -0.25) is 4.79 Å². The summed E-state index contributed by atoms with van der Waals surface area (Å²) in [5, 5.41) is 0.488. The van der Waals surface area contributed by atoms with E-state index in [9.17, 15) is 4.79 Å². The monoisotopic (exact) mass is 380 g/mol. The lowest BCUT2D eigenvalue weighted by Gasteiger charge is -2.38. The molecule has 6 heteroatoms. The minimum atomic E-state index is -0.0201. The van der Waals surface area contributed by atoms with Crippen LogP contribution in [0.15, 0.2) is 22.7 Å². The Kier molecular flexibility index (Phi) is 6.79. The van der Waals surface area contributed by atoms with E-state index in [0.717, 1.165) is 30.3 Å². The Morgan fingerprint density at radius 3 is 2.85 bits per heavy atom. The molecule has 0 aromatic heterocycles.